The number of phenols is 1. The van der Waals surface area contributed by atoms with Gasteiger partial charge in [-0.3, -0.25) is 4.79 Å². The maximum Gasteiger partial charge on any atom is 0.257 e. The van der Waals surface area contributed by atoms with Gasteiger partial charge in [-0.05, 0) is 42.2 Å². The summed E-state index contributed by atoms with van der Waals surface area (Å²) in [6, 6.07) is 12.8. The highest BCUT2D eigenvalue weighted by atomic mass is 35.5. The van der Waals surface area contributed by atoms with Crippen LogP contribution in [0.4, 0.5) is 0 Å². The average Bonchev–Trinajstić information content (AvgIpc) is 2.71. The van der Waals surface area contributed by atoms with Gasteiger partial charge in [-0.25, -0.2) is 0 Å². The lowest BCUT2D eigenvalue weighted by molar-refractivity contribution is 0.0760. The predicted octanol–water partition coefficient (Wildman–Crippen LogP) is 3.29. The highest BCUT2D eigenvalue weighted by molar-refractivity contribution is 6.31. The van der Waals surface area contributed by atoms with Crippen molar-refractivity contribution in [1.29, 1.82) is 0 Å². The van der Waals surface area contributed by atoms with E-state index in [-0.39, 0.29) is 17.2 Å². The van der Waals surface area contributed by atoms with E-state index in [1.54, 1.807) is 11.0 Å². The van der Waals surface area contributed by atoms with E-state index in [4.69, 9.17) is 11.6 Å². The second-order valence-corrected chi connectivity index (χ2v) is 5.66. The Morgan fingerprint density at radius 3 is 2.29 bits per heavy atom. The fourth-order valence-electron chi connectivity index (χ4n) is 2.72. The van der Waals surface area contributed by atoms with Crippen LogP contribution in [0.25, 0.3) is 0 Å². The lowest BCUT2D eigenvalue weighted by Crippen LogP contribution is -2.33. The Hall–Kier alpha value is -2.00. The molecule has 2 aromatic rings. The van der Waals surface area contributed by atoms with Crippen molar-refractivity contribution in [2.75, 3.05) is 13.1 Å². The van der Waals surface area contributed by atoms with E-state index >= 15 is 0 Å². The number of fused-ring (bicyclic) bond motifs is 1. The number of halogens is 1. The molecule has 0 atom stereocenters. The van der Waals surface area contributed by atoms with Crippen LogP contribution in [0.15, 0.2) is 42.5 Å². The summed E-state index contributed by atoms with van der Waals surface area (Å²) in [5.74, 6) is -0.186. The van der Waals surface area contributed by atoms with E-state index in [2.05, 4.69) is 12.1 Å². The Morgan fingerprint density at radius 2 is 1.67 bits per heavy atom. The molecule has 1 N–H and O–H groups in total. The van der Waals surface area contributed by atoms with Crippen LogP contribution < -0.4 is 0 Å². The van der Waals surface area contributed by atoms with Gasteiger partial charge in [-0.1, -0.05) is 35.9 Å². The smallest absolute Gasteiger partial charge is 0.257 e. The number of aromatic hydroxyl groups is 1. The largest absolute Gasteiger partial charge is 0.507 e. The minimum atomic E-state index is -0.164. The topological polar surface area (TPSA) is 40.5 Å². The Bertz CT molecular complexity index is 657. The standard InChI is InChI=1S/C17H16ClNO2/c18-14-5-6-16(20)15(11-14)17(21)19-9-7-12-3-1-2-4-13(12)8-10-19/h1-6,11,20H,7-10H2. The molecule has 108 valence electrons. The summed E-state index contributed by atoms with van der Waals surface area (Å²) in [6.45, 7) is 1.31. The molecular formula is C17H16ClNO2. The quantitative estimate of drug-likeness (QED) is 0.878. The van der Waals surface area contributed by atoms with Crippen LogP contribution in [0.5, 0.6) is 5.75 Å². The molecule has 0 aliphatic carbocycles. The summed E-state index contributed by atoms with van der Waals surface area (Å²) in [4.78, 5) is 14.4. The summed E-state index contributed by atoms with van der Waals surface area (Å²) in [5.41, 5.74) is 2.86. The number of hydrogen-bond acceptors (Lipinski definition) is 2. The number of hydrogen-bond donors (Lipinski definition) is 1. The van der Waals surface area contributed by atoms with E-state index < -0.39 is 0 Å². The van der Waals surface area contributed by atoms with E-state index in [9.17, 15) is 9.90 Å². The van der Waals surface area contributed by atoms with Crippen molar-refractivity contribution >= 4 is 17.5 Å². The van der Waals surface area contributed by atoms with Crippen molar-refractivity contribution in [3.05, 3.63) is 64.2 Å². The zero-order valence-electron chi connectivity index (χ0n) is 11.6. The van der Waals surface area contributed by atoms with Gasteiger partial charge < -0.3 is 10.0 Å². The minimum absolute atomic E-state index is 0.0221. The van der Waals surface area contributed by atoms with Gasteiger partial charge in [-0.15, -0.1) is 0 Å². The number of carbonyl (C=O) groups is 1. The van der Waals surface area contributed by atoms with E-state index in [0.717, 1.165) is 12.8 Å². The van der Waals surface area contributed by atoms with Gasteiger partial charge in [0.25, 0.3) is 5.91 Å². The number of phenolic OH excluding ortho intramolecular Hbond substituents is 1. The van der Waals surface area contributed by atoms with Crippen LogP contribution in [-0.4, -0.2) is 29.0 Å². The number of amides is 1. The summed E-state index contributed by atoms with van der Waals surface area (Å²) >= 11 is 5.92. The van der Waals surface area contributed by atoms with Crippen LogP contribution in [0.3, 0.4) is 0 Å². The first kappa shape index (κ1) is 14.0. The fourth-order valence-corrected chi connectivity index (χ4v) is 2.89. The molecule has 4 heteroatoms. The van der Waals surface area contributed by atoms with Crippen LogP contribution in [-0.2, 0) is 12.8 Å². The maximum atomic E-state index is 12.6. The van der Waals surface area contributed by atoms with E-state index in [1.807, 2.05) is 12.1 Å². The number of benzene rings is 2. The van der Waals surface area contributed by atoms with Crippen molar-refractivity contribution in [1.82, 2.24) is 4.90 Å². The second-order valence-electron chi connectivity index (χ2n) is 5.22. The van der Waals surface area contributed by atoms with Crippen LogP contribution in [0.1, 0.15) is 21.5 Å². The third-order valence-electron chi connectivity index (χ3n) is 3.90. The molecule has 0 aromatic heterocycles. The molecule has 1 heterocycles. The SMILES string of the molecule is O=C(c1cc(Cl)ccc1O)N1CCc2ccccc2CC1. The van der Waals surface area contributed by atoms with Gasteiger partial charge >= 0.3 is 0 Å². The fraction of sp³-hybridized carbons (Fsp3) is 0.235. The van der Waals surface area contributed by atoms with Crippen LogP contribution >= 0.6 is 11.6 Å². The van der Waals surface area contributed by atoms with Gasteiger partial charge in [0.2, 0.25) is 0 Å². The summed E-state index contributed by atoms with van der Waals surface area (Å²) in [5, 5.41) is 10.3. The third-order valence-corrected chi connectivity index (χ3v) is 4.13. The maximum absolute atomic E-state index is 12.6. The predicted molar refractivity (Wildman–Crippen MR) is 82.9 cm³/mol. The first-order valence-corrected chi connectivity index (χ1v) is 7.37. The Labute approximate surface area is 128 Å². The molecular weight excluding hydrogens is 286 g/mol. The van der Waals surface area contributed by atoms with Crippen LogP contribution in [0, 0.1) is 0 Å². The third kappa shape index (κ3) is 2.88. The molecule has 0 unspecified atom stereocenters. The van der Waals surface area contributed by atoms with Crippen molar-refractivity contribution in [2.45, 2.75) is 12.8 Å². The highest BCUT2D eigenvalue weighted by Gasteiger charge is 2.21. The normalized spacial score (nSPS) is 14.4. The Kier molecular flexibility index (Phi) is 3.84. The van der Waals surface area contributed by atoms with Gasteiger partial charge in [0, 0.05) is 18.1 Å². The first-order valence-electron chi connectivity index (χ1n) is 7.00. The molecule has 1 aliphatic heterocycles. The molecule has 3 rings (SSSR count). The summed E-state index contributed by atoms with van der Waals surface area (Å²) < 4.78 is 0. The monoisotopic (exact) mass is 301 g/mol. The van der Waals surface area contributed by atoms with Crippen molar-refractivity contribution in [3.63, 3.8) is 0 Å². The van der Waals surface area contributed by atoms with Crippen molar-refractivity contribution in [2.24, 2.45) is 0 Å². The summed E-state index contributed by atoms with van der Waals surface area (Å²) in [6.07, 6.45) is 1.67. The van der Waals surface area contributed by atoms with Crippen LogP contribution in [0.2, 0.25) is 5.02 Å². The van der Waals surface area contributed by atoms with Gasteiger partial charge in [0.1, 0.15) is 5.75 Å². The van der Waals surface area contributed by atoms with E-state index in [0.29, 0.717) is 18.1 Å². The molecule has 1 aliphatic rings. The summed E-state index contributed by atoms with van der Waals surface area (Å²) in [7, 11) is 0. The van der Waals surface area contributed by atoms with Gasteiger partial charge in [0.15, 0.2) is 0 Å². The molecule has 0 radical (unpaired) electrons. The molecule has 0 saturated heterocycles. The minimum Gasteiger partial charge on any atom is -0.507 e. The molecule has 1 amide bonds. The van der Waals surface area contributed by atoms with Gasteiger partial charge in [0.05, 0.1) is 5.56 Å². The molecule has 21 heavy (non-hydrogen) atoms. The molecule has 0 saturated carbocycles. The average molecular weight is 302 g/mol. The number of rotatable bonds is 1. The molecule has 2 aromatic carbocycles. The Balaban J connectivity index is 1.82. The Morgan fingerprint density at radius 1 is 1.05 bits per heavy atom. The van der Waals surface area contributed by atoms with Crippen molar-refractivity contribution in [3.8, 4) is 5.75 Å². The number of carbonyl (C=O) groups excluding carboxylic acids is 1. The van der Waals surface area contributed by atoms with Crippen molar-refractivity contribution < 1.29 is 9.90 Å². The lowest BCUT2D eigenvalue weighted by atomic mass is 10.0. The first-order chi connectivity index (χ1) is 10.1. The zero-order valence-corrected chi connectivity index (χ0v) is 12.3. The molecule has 0 bridgehead atoms. The zero-order chi connectivity index (χ0) is 14.8. The molecule has 3 nitrogen and oxygen atoms in total. The van der Waals surface area contributed by atoms with Gasteiger partial charge in [-0.2, -0.15) is 0 Å². The second kappa shape index (κ2) is 5.78. The molecule has 0 fully saturated rings. The molecule has 0 spiro atoms. The number of nitrogens with zero attached hydrogens (tertiary/aromatic N) is 1. The lowest BCUT2D eigenvalue weighted by Gasteiger charge is -2.20. The van der Waals surface area contributed by atoms with E-state index in [1.165, 1.54) is 23.3 Å². The highest BCUT2D eigenvalue weighted by Crippen LogP contribution is 2.24.